The zero-order valence-corrected chi connectivity index (χ0v) is 11.5. The predicted octanol–water partition coefficient (Wildman–Crippen LogP) is 1.83. The number of amides is 1. The van der Waals surface area contributed by atoms with Crippen LogP contribution >= 0.6 is 0 Å². The topological polar surface area (TPSA) is 75.6 Å². The van der Waals surface area contributed by atoms with E-state index in [4.69, 9.17) is 9.84 Å². The Balaban J connectivity index is 1.98. The first-order valence-corrected chi connectivity index (χ1v) is 6.56. The first-order chi connectivity index (χ1) is 10.0. The second-order valence-corrected chi connectivity index (χ2v) is 4.89. The van der Waals surface area contributed by atoms with Gasteiger partial charge in [0.25, 0.3) is 0 Å². The Morgan fingerprint density at radius 2 is 2.19 bits per heavy atom. The minimum atomic E-state index is -1.03. The second-order valence-electron chi connectivity index (χ2n) is 4.89. The number of nitrogens with one attached hydrogen (secondary N) is 1. The molecule has 2 rings (SSSR count). The maximum absolute atomic E-state index is 13.5. The van der Waals surface area contributed by atoms with Gasteiger partial charge in [0.1, 0.15) is 6.04 Å². The number of hydrogen-bond acceptors (Lipinski definition) is 3. The minimum Gasteiger partial charge on any atom is -0.494 e. The van der Waals surface area contributed by atoms with Crippen molar-refractivity contribution in [2.45, 2.75) is 18.9 Å². The molecule has 6 heteroatoms. The van der Waals surface area contributed by atoms with Gasteiger partial charge in [-0.15, -0.1) is 0 Å². The highest BCUT2D eigenvalue weighted by Crippen LogP contribution is 2.32. The Hall–Kier alpha value is -2.37. The summed E-state index contributed by atoms with van der Waals surface area (Å²) in [4.78, 5) is 22.7. The third kappa shape index (κ3) is 4.05. The van der Waals surface area contributed by atoms with Crippen LogP contribution < -0.4 is 10.1 Å². The van der Waals surface area contributed by atoms with Gasteiger partial charge in [0.2, 0.25) is 5.91 Å². The van der Waals surface area contributed by atoms with Crippen molar-refractivity contribution in [3.05, 3.63) is 35.7 Å². The van der Waals surface area contributed by atoms with Crippen molar-refractivity contribution < 1.29 is 23.8 Å². The summed E-state index contributed by atoms with van der Waals surface area (Å²) in [5.41, 5.74) is 0.488. The van der Waals surface area contributed by atoms with E-state index in [-0.39, 0.29) is 11.7 Å². The lowest BCUT2D eigenvalue weighted by Crippen LogP contribution is -2.41. The van der Waals surface area contributed by atoms with Crippen molar-refractivity contribution >= 4 is 18.0 Å². The summed E-state index contributed by atoms with van der Waals surface area (Å²) in [5, 5.41) is 11.5. The Bertz CT molecular complexity index is 581. The van der Waals surface area contributed by atoms with Crippen LogP contribution in [0.5, 0.6) is 5.75 Å². The number of carbonyl (C=O) groups is 2. The Morgan fingerprint density at radius 1 is 1.48 bits per heavy atom. The summed E-state index contributed by atoms with van der Waals surface area (Å²) in [7, 11) is 1.37. The summed E-state index contributed by atoms with van der Waals surface area (Å²) >= 11 is 0. The van der Waals surface area contributed by atoms with Gasteiger partial charge in [-0.3, -0.25) is 4.79 Å². The summed E-state index contributed by atoms with van der Waals surface area (Å²) in [6.45, 7) is 0. The van der Waals surface area contributed by atoms with Crippen molar-refractivity contribution in [3.8, 4) is 5.75 Å². The molecule has 1 saturated carbocycles. The Kier molecular flexibility index (Phi) is 4.57. The van der Waals surface area contributed by atoms with Gasteiger partial charge >= 0.3 is 5.97 Å². The van der Waals surface area contributed by atoms with Gasteiger partial charge in [-0.25, -0.2) is 9.18 Å². The van der Waals surface area contributed by atoms with Crippen molar-refractivity contribution in [1.82, 2.24) is 5.32 Å². The van der Waals surface area contributed by atoms with Gasteiger partial charge in [-0.2, -0.15) is 0 Å². The molecule has 1 atom stereocenters. The van der Waals surface area contributed by atoms with Crippen molar-refractivity contribution in [2.75, 3.05) is 7.11 Å². The first kappa shape index (κ1) is 15.0. The smallest absolute Gasteiger partial charge is 0.326 e. The highest BCUT2D eigenvalue weighted by atomic mass is 19.1. The first-order valence-electron chi connectivity index (χ1n) is 6.56. The average molecular weight is 293 g/mol. The summed E-state index contributed by atoms with van der Waals surface area (Å²) in [5.74, 6) is -1.93. The van der Waals surface area contributed by atoms with E-state index in [0.717, 1.165) is 12.8 Å². The van der Waals surface area contributed by atoms with Gasteiger partial charge in [0, 0.05) is 6.08 Å². The number of rotatable bonds is 6. The summed E-state index contributed by atoms with van der Waals surface area (Å²) in [6, 6.07) is 3.44. The summed E-state index contributed by atoms with van der Waals surface area (Å²) in [6.07, 6.45) is 4.23. The van der Waals surface area contributed by atoms with E-state index in [0.29, 0.717) is 5.56 Å². The van der Waals surface area contributed by atoms with Crippen LogP contribution in [-0.4, -0.2) is 30.1 Å². The van der Waals surface area contributed by atoms with Gasteiger partial charge in [0.05, 0.1) is 7.11 Å². The molecule has 0 spiro atoms. The van der Waals surface area contributed by atoms with Crippen LogP contribution in [0, 0.1) is 11.7 Å². The zero-order chi connectivity index (χ0) is 15.4. The normalized spacial score (nSPS) is 15.7. The number of carboxylic acid groups (broad SMARTS) is 1. The SMILES string of the molecule is COc1ccc(C=CC(=O)NC(C(=O)O)C2CC2)cc1F. The quantitative estimate of drug-likeness (QED) is 0.785. The number of methoxy groups -OCH3 is 1. The molecule has 0 bridgehead atoms. The van der Waals surface area contributed by atoms with E-state index in [1.165, 1.54) is 31.4 Å². The third-order valence-corrected chi connectivity index (χ3v) is 3.26. The van der Waals surface area contributed by atoms with E-state index in [2.05, 4.69) is 5.32 Å². The highest BCUT2D eigenvalue weighted by Gasteiger charge is 2.36. The lowest BCUT2D eigenvalue weighted by atomic mass is 10.1. The predicted molar refractivity (Wildman–Crippen MR) is 74.3 cm³/mol. The van der Waals surface area contributed by atoms with Crippen molar-refractivity contribution in [3.63, 3.8) is 0 Å². The maximum atomic E-state index is 13.5. The molecule has 1 aliphatic carbocycles. The number of carboxylic acids is 1. The molecule has 0 aromatic heterocycles. The van der Waals surface area contributed by atoms with E-state index < -0.39 is 23.7 Å². The molecule has 1 aromatic carbocycles. The standard InChI is InChI=1S/C15H16FNO4/c1-21-12-6-2-9(8-11(12)16)3-7-13(18)17-14(15(19)20)10-4-5-10/h2-3,6-8,10,14H,4-5H2,1H3,(H,17,18)(H,19,20). The third-order valence-electron chi connectivity index (χ3n) is 3.26. The number of aliphatic carboxylic acids is 1. The Labute approximate surface area is 121 Å². The molecule has 112 valence electrons. The van der Waals surface area contributed by atoms with Crippen LogP contribution in [0.1, 0.15) is 18.4 Å². The van der Waals surface area contributed by atoms with Crippen LogP contribution in [-0.2, 0) is 9.59 Å². The molecule has 0 aliphatic heterocycles. The van der Waals surface area contributed by atoms with Crippen LogP contribution in [0.2, 0.25) is 0 Å². The molecule has 0 saturated heterocycles. The molecule has 1 fully saturated rings. The largest absolute Gasteiger partial charge is 0.494 e. The molecular formula is C15H16FNO4. The van der Waals surface area contributed by atoms with Crippen LogP contribution in [0.4, 0.5) is 4.39 Å². The molecule has 0 heterocycles. The van der Waals surface area contributed by atoms with E-state index in [1.807, 2.05) is 0 Å². The number of carbonyl (C=O) groups excluding carboxylic acids is 1. The van der Waals surface area contributed by atoms with Crippen molar-refractivity contribution in [1.29, 1.82) is 0 Å². The monoisotopic (exact) mass is 293 g/mol. The van der Waals surface area contributed by atoms with Crippen molar-refractivity contribution in [2.24, 2.45) is 5.92 Å². The number of halogens is 1. The zero-order valence-electron chi connectivity index (χ0n) is 11.5. The number of ether oxygens (including phenoxy) is 1. The van der Waals surface area contributed by atoms with E-state index in [1.54, 1.807) is 6.07 Å². The van der Waals surface area contributed by atoms with E-state index in [9.17, 15) is 14.0 Å². The molecule has 5 nitrogen and oxygen atoms in total. The lowest BCUT2D eigenvalue weighted by Gasteiger charge is -2.11. The molecule has 2 N–H and O–H groups in total. The number of hydrogen-bond donors (Lipinski definition) is 2. The molecule has 0 radical (unpaired) electrons. The van der Waals surface area contributed by atoms with Crippen LogP contribution in [0.25, 0.3) is 6.08 Å². The molecule has 1 unspecified atom stereocenters. The Morgan fingerprint density at radius 3 is 2.71 bits per heavy atom. The molecule has 1 aliphatic rings. The lowest BCUT2D eigenvalue weighted by molar-refractivity contribution is -0.141. The fourth-order valence-electron chi connectivity index (χ4n) is 1.97. The van der Waals surface area contributed by atoms with Crippen LogP contribution in [0.3, 0.4) is 0 Å². The molecule has 1 amide bonds. The number of benzene rings is 1. The molecule has 21 heavy (non-hydrogen) atoms. The fourth-order valence-corrected chi connectivity index (χ4v) is 1.97. The van der Waals surface area contributed by atoms with Crippen LogP contribution in [0.15, 0.2) is 24.3 Å². The minimum absolute atomic E-state index is 0.0123. The van der Waals surface area contributed by atoms with Gasteiger partial charge in [-0.1, -0.05) is 6.07 Å². The molecular weight excluding hydrogens is 277 g/mol. The molecule has 1 aromatic rings. The van der Waals surface area contributed by atoms with Gasteiger partial charge in [-0.05, 0) is 42.5 Å². The maximum Gasteiger partial charge on any atom is 0.326 e. The van der Waals surface area contributed by atoms with Gasteiger partial charge in [0.15, 0.2) is 11.6 Å². The van der Waals surface area contributed by atoms with Gasteiger partial charge < -0.3 is 15.2 Å². The highest BCUT2D eigenvalue weighted by molar-refractivity contribution is 5.94. The van der Waals surface area contributed by atoms with E-state index >= 15 is 0 Å². The average Bonchev–Trinajstić information content (AvgIpc) is 3.26. The fraction of sp³-hybridized carbons (Fsp3) is 0.333. The summed E-state index contributed by atoms with van der Waals surface area (Å²) < 4.78 is 18.3. The second kappa shape index (κ2) is 6.39.